The molecule has 0 atom stereocenters. The second kappa shape index (κ2) is 8.96. The first-order chi connectivity index (χ1) is 12.7. The number of nitrogens with one attached hydrogen (secondary N) is 3. The predicted octanol–water partition coefficient (Wildman–Crippen LogP) is 3.65. The fraction of sp³-hybridized carbons (Fsp3) is 0.300. The Kier molecular flexibility index (Phi) is 6.41. The van der Waals surface area contributed by atoms with Crippen molar-refractivity contribution < 1.29 is 4.79 Å². The average molecular weight is 415 g/mol. The van der Waals surface area contributed by atoms with Crippen LogP contribution in [-0.4, -0.2) is 36.0 Å². The molecule has 0 saturated heterocycles. The number of nitrogens with zero attached hydrogens (tertiary/aromatic N) is 1. The van der Waals surface area contributed by atoms with Crippen molar-refractivity contribution >= 4 is 32.6 Å². The molecule has 0 unspecified atom stereocenters. The van der Waals surface area contributed by atoms with E-state index in [4.69, 9.17) is 0 Å². The van der Waals surface area contributed by atoms with Crippen molar-refractivity contribution in [2.45, 2.75) is 19.3 Å². The highest BCUT2D eigenvalue weighted by Gasteiger charge is 2.05. The maximum atomic E-state index is 11.4. The number of likely N-dealkylation sites (N-methyl/N-ethyl adjacent to an activating group) is 1. The second-order valence-corrected chi connectivity index (χ2v) is 7.20. The Morgan fingerprint density at radius 2 is 1.96 bits per heavy atom. The van der Waals surface area contributed by atoms with E-state index in [-0.39, 0.29) is 5.91 Å². The Morgan fingerprint density at radius 1 is 1.15 bits per heavy atom. The van der Waals surface area contributed by atoms with Gasteiger partial charge in [-0.2, -0.15) is 0 Å². The summed E-state index contributed by atoms with van der Waals surface area (Å²) in [5.74, 6) is 1.02. The van der Waals surface area contributed by atoms with Gasteiger partial charge in [-0.3, -0.25) is 4.79 Å². The van der Waals surface area contributed by atoms with Crippen molar-refractivity contribution in [2.24, 2.45) is 0 Å². The van der Waals surface area contributed by atoms with Crippen LogP contribution in [0, 0.1) is 0 Å². The van der Waals surface area contributed by atoms with Crippen molar-refractivity contribution in [2.75, 3.05) is 20.1 Å². The lowest BCUT2D eigenvalue weighted by atomic mass is 10.1. The van der Waals surface area contributed by atoms with Crippen LogP contribution in [0.3, 0.4) is 0 Å². The first kappa shape index (κ1) is 18.6. The number of hydrogen-bond donors (Lipinski definition) is 3. The summed E-state index contributed by atoms with van der Waals surface area (Å²) in [6, 6.07) is 12.7. The second-order valence-electron chi connectivity index (χ2n) is 6.29. The summed E-state index contributed by atoms with van der Waals surface area (Å²) in [5, 5.41) is 8.14. The molecule has 3 aromatic rings. The number of rotatable bonds is 8. The Balaban J connectivity index is 1.54. The zero-order chi connectivity index (χ0) is 18.4. The lowest BCUT2D eigenvalue weighted by Gasteiger charge is -2.04. The molecule has 0 saturated carbocycles. The number of carbonyl (C=O) groups is 1. The molecule has 0 radical (unpaired) electrons. The third-order valence-electron chi connectivity index (χ3n) is 4.24. The van der Waals surface area contributed by atoms with Gasteiger partial charge in [0.2, 0.25) is 5.91 Å². The van der Waals surface area contributed by atoms with E-state index in [9.17, 15) is 4.79 Å². The van der Waals surface area contributed by atoms with Gasteiger partial charge in [-0.15, -0.1) is 0 Å². The van der Waals surface area contributed by atoms with Crippen LogP contribution >= 0.6 is 15.9 Å². The van der Waals surface area contributed by atoms with Gasteiger partial charge in [0.15, 0.2) is 0 Å². The van der Waals surface area contributed by atoms with E-state index in [1.54, 1.807) is 7.05 Å². The molecule has 1 aromatic heterocycles. The maximum absolute atomic E-state index is 11.4. The van der Waals surface area contributed by atoms with Crippen molar-refractivity contribution in [1.29, 1.82) is 0 Å². The molecule has 2 aromatic carbocycles. The molecule has 0 spiro atoms. The van der Waals surface area contributed by atoms with E-state index >= 15 is 0 Å². The third-order valence-corrected chi connectivity index (χ3v) is 4.73. The first-order valence-corrected chi connectivity index (χ1v) is 9.60. The van der Waals surface area contributed by atoms with Gasteiger partial charge in [0, 0.05) is 23.0 Å². The minimum atomic E-state index is 0.0381. The summed E-state index contributed by atoms with van der Waals surface area (Å²) in [4.78, 5) is 19.2. The van der Waals surface area contributed by atoms with E-state index in [1.807, 2.05) is 6.20 Å². The van der Waals surface area contributed by atoms with Gasteiger partial charge in [0.25, 0.3) is 0 Å². The Labute approximate surface area is 161 Å². The topological polar surface area (TPSA) is 69.8 Å². The zero-order valence-electron chi connectivity index (χ0n) is 14.8. The molecule has 0 aliphatic heterocycles. The maximum Gasteiger partial charge on any atom is 0.233 e. The number of imidazole rings is 1. The van der Waals surface area contributed by atoms with Gasteiger partial charge in [-0.05, 0) is 48.9 Å². The van der Waals surface area contributed by atoms with Gasteiger partial charge >= 0.3 is 0 Å². The van der Waals surface area contributed by atoms with Crippen molar-refractivity contribution in [3.05, 3.63) is 52.9 Å². The molecule has 6 heteroatoms. The summed E-state index contributed by atoms with van der Waals surface area (Å²) in [5.41, 5.74) is 2.17. The van der Waals surface area contributed by atoms with Crippen molar-refractivity contribution in [3.63, 3.8) is 0 Å². The lowest BCUT2D eigenvalue weighted by Crippen LogP contribution is -2.32. The number of halogens is 1. The number of benzene rings is 2. The summed E-state index contributed by atoms with van der Waals surface area (Å²) in [6.07, 6.45) is 4.70. The minimum absolute atomic E-state index is 0.0381. The van der Waals surface area contributed by atoms with E-state index in [2.05, 4.69) is 72.9 Å². The molecule has 136 valence electrons. The van der Waals surface area contributed by atoms with Crippen molar-refractivity contribution in [3.8, 4) is 11.3 Å². The highest BCUT2D eigenvalue weighted by atomic mass is 79.9. The number of aryl methyl sites for hydroxylation is 1. The SMILES string of the molecule is CNCC(=O)NCCCCc1ncc(-c2ccc3cc(Br)ccc3c2)[nH]1. The third kappa shape index (κ3) is 4.93. The van der Waals surface area contributed by atoms with E-state index in [1.165, 1.54) is 10.8 Å². The highest BCUT2D eigenvalue weighted by molar-refractivity contribution is 9.10. The standard InChI is InChI=1S/C20H23BrN4O/c1-22-13-20(26)23-9-3-2-4-19-24-12-18(25-19)16-6-5-15-11-17(21)8-7-14(15)10-16/h5-8,10-12,22H,2-4,9,13H2,1H3,(H,23,26)(H,24,25). The zero-order valence-corrected chi connectivity index (χ0v) is 16.4. The van der Waals surface area contributed by atoms with Gasteiger partial charge in [0.05, 0.1) is 18.4 Å². The van der Waals surface area contributed by atoms with Gasteiger partial charge in [-0.25, -0.2) is 4.98 Å². The fourth-order valence-electron chi connectivity index (χ4n) is 2.89. The molecule has 3 rings (SSSR count). The van der Waals surface area contributed by atoms with E-state index < -0.39 is 0 Å². The van der Waals surface area contributed by atoms with E-state index in [0.29, 0.717) is 13.1 Å². The van der Waals surface area contributed by atoms with Crippen LogP contribution in [0.1, 0.15) is 18.7 Å². The monoisotopic (exact) mass is 414 g/mol. The molecule has 26 heavy (non-hydrogen) atoms. The molecule has 0 bridgehead atoms. The summed E-state index contributed by atoms with van der Waals surface area (Å²) in [7, 11) is 1.77. The Morgan fingerprint density at radius 3 is 2.81 bits per heavy atom. The number of unbranched alkanes of at least 4 members (excludes halogenated alkanes) is 1. The molecule has 1 heterocycles. The van der Waals surface area contributed by atoms with Crippen LogP contribution in [0.15, 0.2) is 47.1 Å². The van der Waals surface area contributed by atoms with Gasteiger partial charge in [-0.1, -0.05) is 34.1 Å². The Hall–Kier alpha value is -2.18. The number of aromatic amines is 1. The van der Waals surface area contributed by atoms with Crippen LogP contribution in [0.2, 0.25) is 0 Å². The van der Waals surface area contributed by atoms with Crippen LogP contribution < -0.4 is 10.6 Å². The minimum Gasteiger partial charge on any atom is -0.355 e. The number of H-pyrrole nitrogens is 1. The summed E-state index contributed by atoms with van der Waals surface area (Å²) >= 11 is 3.51. The molecular weight excluding hydrogens is 392 g/mol. The largest absolute Gasteiger partial charge is 0.355 e. The van der Waals surface area contributed by atoms with Crippen LogP contribution in [0.5, 0.6) is 0 Å². The van der Waals surface area contributed by atoms with Crippen LogP contribution in [-0.2, 0) is 11.2 Å². The Bertz CT molecular complexity index is 890. The molecule has 0 aliphatic carbocycles. The molecule has 0 aliphatic rings. The first-order valence-electron chi connectivity index (χ1n) is 8.80. The molecular formula is C20H23BrN4O. The van der Waals surface area contributed by atoms with Gasteiger partial charge in [0.1, 0.15) is 5.82 Å². The molecule has 3 N–H and O–H groups in total. The summed E-state index contributed by atoms with van der Waals surface area (Å²) in [6.45, 7) is 1.07. The number of amides is 1. The van der Waals surface area contributed by atoms with Gasteiger partial charge < -0.3 is 15.6 Å². The van der Waals surface area contributed by atoms with Crippen LogP contribution in [0.25, 0.3) is 22.0 Å². The normalized spacial score (nSPS) is 11.0. The van der Waals surface area contributed by atoms with Crippen LogP contribution in [0.4, 0.5) is 0 Å². The quantitative estimate of drug-likeness (QED) is 0.492. The number of aromatic nitrogens is 2. The highest BCUT2D eigenvalue weighted by Crippen LogP contribution is 2.25. The van der Waals surface area contributed by atoms with E-state index in [0.717, 1.165) is 40.8 Å². The fourth-order valence-corrected chi connectivity index (χ4v) is 3.27. The number of hydrogen-bond acceptors (Lipinski definition) is 3. The van der Waals surface area contributed by atoms with Crippen molar-refractivity contribution in [1.82, 2.24) is 20.6 Å². The average Bonchev–Trinajstić information content (AvgIpc) is 3.10. The molecule has 0 fully saturated rings. The number of carbonyl (C=O) groups excluding carboxylic acids is 1. The predicted molar refractivity (Wildman–Crippen MR) is 109 cm³/mol. The summed E-state index contributed by atoms with van der Waals surface area (Å²) < 4.78 is 1.09. The smallest absolute Gasteiger partial charge is 0.233 e. The lowest BCUT2D eigenvalue weighted by molar-refractivity contribution is -0.120. The molecule has 1 amide bonds. The number of fused-ring (bicyclic) bond motifs is 1. The molecule has 5 nitrogen and oxygen atoms in total.